The summed E-state index contributed by atoms with van der Waals surface area (Å²) in [5.74, 6) is 1.91. The number of nitrogens with zero attached hydrogens (tertiary/aromatic N) is 1. The van der Waals surface area contributed by atoms with Crippen LogP contribution in [0.5, 0.6) is 0 Å². The number of methoxy groups -OCH3 is 1. The monoisotopic (exact) mass is 313 g/mol. The molecule has 0 saturated heterocycles. The van der Waals surface area contributed by atoms with Crippen LogP contribution >= 0.6 is 23.1 Å². The summed E-state index contributed by atoms with van der Waals surface area (Å²) in [6.07, 6.45) is 2.88. The number of hydrogen-bond donors (Lipinski definition) is 0. The minimum atomic E-state index is -0.0765. The molecule has 0 amide bonds. The Morgan fingerprint density at radius 1 is 1.50 bits per heavy atom. The van der Waals surface area contributed by atoms with E-state index in [9.17, 15) is 4.79 Å². The Bertz CT molecular complexity index is 472. The van der Waals surface area contributed by atoms with E-state index < -0.39 is 0 Å². The Kier molecular flexibility index (Phi) is 4.80. The first kappa shape index (κ1) is 15.8. The molecule has 112 valence electrons. The zero-order valence-electron chi connectivity index (χ0n) is 12.7. The molecule has 0 radical (unpaired) electrons. The molecule has 0 N–H and O–H groups in total. The minimum Gasteiger partial charge on any atom is -0.469 e. The van der Waals surface area contributed by atoms with Crippen molar-refractivity contribution in [1.29, 1.82) is 0 Å². The molecule has 1 aromatic rings. The Balaban J connectivity index is 1.79. The molecule has 0 atom stereocenters. The quantitative estimate of drug-likeness (QED) is 0.744. The van der Waals surface area contributed by atoms with Crippen LogP contribution in [0.3, 0.4) is 0 Å². The molecule has 0 bridgehead atoms. The second-order valence-electron chi connectivity index (χ2n) is 6.62. The number of hydrogen-bond acceptors (Lipinski definition) is 5. The minimum absolute atomic E-state index is 0.0765. The number of aromatic nitrogens is 1. The van der Waals surface area contributed by atoms with Gasteiger partial charge in [0.2, 0.25) is 0 Å². The van der Waals surface area contributed by atoms with Gasteiger partial charge in [-0.25, -0.2) is 4.98 Å². The first-order valence-corrected chi connectivity index (χ1v) is 8.98. The molecule has 0 aliphatic heterocycles. The topological polar surface area (TPSA) is 39.2 Å². The third-order valence-electron chi connectivity index (χ3n) is 3.66. The van der Waals surface area contributed by atoms with Gasteiger partial charge in [-0.05, 0) is 24.0 Å². The van der Waals surface area contributed by atoms with Crippen LogP contribution in [0.15, 0.2) is 5.38 Å². The first-order valence-electron chi connectivity index (χ1n) is 6.94. The van der Waals surface area contributed by atoms with Crippen LogP contribution in [0.1, 0.15) is 50.7 Å². The molecule has 1 aliphatic carbocycles. The van der Waals surface area contributed by atoms with E-state index in [1.165, 1.54) is 17.8 Å². The molecule has 1 heterocycles. The molecule has 1 saturated carbocycles. The number of carbonyl (C=O) groups is 1. The number of carbonyl (C=O) groups excluding carboxylic acids is 1. The highest BCUT2D eigenvalue weighted by Gasteiger charge is 2.44. The van der Waals surface area contributed by atoms with Crippen molar-refractivity contribution in [2.75, 3.05) is 12.9 Å². The highest BCUT2D eigenvalue weighted by molar-refractivity contribution is 7.98. The summed E-state index contributed by atoms with van der Waals surface area (Å²) in [5, 5.41) is 3.35. The fraction of sp³-hybridized carbons (Fsp3) is 0.733. The lowest BCUT2D eigenvalue weighted by Gasteiger charge is -2.14. The van der Waals surface area contributed by atoms with Gasteiger partial charge in [0.05, 0.1) is 19.2 Å². The summed E-state index contributed by atoms with van der Waals surface area (Å²) in [6, 6.07) is 0. The van der Waals surface area contributed by atoms with Crippen molar-refractivity contribution in [2.45, 2.75) is 51.2 Å². The average Bonchev–Trinajstić information content (AvgIpc) is 2.94. The van der Waals surface area contributed by atoms with E-state index in [0.717, 1.165) is 24.3 Å². The summed E-state index contributed by atoms with van der Waals surface area (Å²) in [6.45, 7) is 6.57. The van der Waals surface area contributed by atoms with Crippen molar-refractivity contribution >= 4 is 29.1 Å². The summed E-state index contributed by atoms with van der Waals surface area (Å²) in [5.41, 5.74) is 1.51. The largest absolute Gasteiger partial charge is 0.469 e. The number of ether oxygens (including phenoxy) is 1. The molecular weight excluding hydrogens is 290 g/mol. The van der Waals surface area contributed by atoms with E-state index >= 15 is 0 Å². The number of rotatable bonds is 6. The Labute approximate surface area is 129 Å². The lowest BCUT2D eigenvalue weighted by molar-refractivity contribution is -0.141. The van der Waals surface area contributed by atoms with E-state index in [4.69, 9.17) is 9.72 Å². The van der Waals surface area contributed by atoms with Crippen molar-refractivity contribution in [3.63, 3.8) is 0 Å². The van der Waals surface area contributed by atoms with Crippen molar-refractivity contribution in [2.24, 2.45) is 5.41 Å². The summed E-state index contributed by atoms with van der Waals surface area (Å²) in [7, 11) is 1.47. The molecule has 0 spiro atoms. The van der Waals surface area contributed by atoms with Crippen LogP contribution in [0.2, 0.25) is 0 Å². The molecule has 0 unspecified atom stereocenters. The smallest absolute Gasteiger partial charge is 0.306 e. The Morgan fingerprint density at radius 2 is 2.20 bits per heavy atom. The highest BCUT2D eigenvalue weighted by Crippen LogP contribution is 2.51. The number of thioether (sulfide) groups is 1. The van der Waals surface area contributed by atoms with E-state index in [1.54, 1.807) is 11.3 Å². The van der Waals surface area contributed by atoms with Gasteiger partial charge in [-0.2, -0.15) is 11.8 Å². The maximum Gasteiger partial charge on any atom is 0.306 e. The maximum absolute atomic E-state index is 11.4. The van der Waals surface area contributed by atoms with Crippen LogP contribution < -0.4 is 0 Å². The zero-order chi connectivity index (χ0) is 14.8. The van der Waals surface area contributed by atoms with Gasteiger partial charge in [0.25, 0.3) is 0 Å². The fourth-order valence-electron chi connectivity index (χ4n) is 2.00. The lowest BCUT2D eigenvalue weighted by Crippen LogP contribution is -2.13. The molecule has 3 nitrogen and oxygen atoms in total. The predicted molar refractivity (Wildman–Crippen MR) is 85.3 cm³/mol. The van der Waals surface area contributed by atoms with Gasteiger partial charge in [-0.1, -0.05) is 20.8 Å². The second-order valence-corrected chi connectivity index (χ2v) is 8.55. The van der Waals surface area contributed by atoms with Gasteiger partial charge >= 0.3 is 5.97 Å². The number of esters is 1. The normalized spacial score (nSPS) is 17.0. The molecule has 20 heavy (non-hydrogen) atoms. The van der Waals surface area contributed by atoms with Crippen LogP contribution in [0.25, 0.3) is 0 Å². The zero-order valence-corrected chi connectivity index (χ0v) is 14.3. The molecule has 0 aromatic carbocycles. The van der Waals surface area contributed by atoms with Crippen molar-refractivity contribution in [3.8, 4) is 0 Å². The van der Waals surface area contributed by atoms with Crippen molar-refractivity contribution in [3.05, 3.63) is 16.1 Å². The summed E-state index contributed by atoms with van der Waals surface area (Å²) < 4.78 is 4.77. The van der Waals surface area contributed by atoms with Crippen LogP contribution in [-0.2, 0) is 20.7 Å². The average molecular weight is 313 g/mol. The summed E-state index contributed by atoms with van der Waals surface area (Å²) >= 11 is 3.63. The lowest BCUT2D eigenvalue weighted by atomic mass is 9.93. The van der Waals surface area contributed by atoms with Crippen LogP contribution in [0, 0.1) is 5.41 Å². The Morgan fingerprint density at radius 3 is 2.70 bits per heavy atom. The third-order valence-corrected chi connectivity index (χ3v) is 5.98. The molecule has 1 fully saturated rings. The van der Waals surface area contributed by atoms with Gasteiger partial charge in [0, 0.05) is 16.5 Å². The second kappa shape index (κ2) is 6.06. The van der Waals surface area contributed by atoms with Gasteiger partial charge < -0.3 is 4.74 Å². The first-order chi connectivity index (χ1) is 9.35. The van der Waals surface area contributed by atoms with Gasteiger partial charge in [-0.3, -0.25) is 4.79 Å². The SMILES string of the molecule is COC(=O)CC1(CSCc2nc(C(C)(C)C)cs2)CC1. The maximum atomic E-state index is 11.4. The molecule has 2 rings (SSSR count). The van der Waals surface area contributed by atoms with Crippen molar-refractivity contribution in [1.82, 2.24) is 4.98 Å². The molecule has 1 aromatic heterocycles. The van der Waals surface area contributed by atoms with E-state index in [1.807, 2.05) is 11.8 Å². The fourth-order valence-corrected chi connectivity index (χ4v) is 4.50. The summed E-state index contributed by atoms with van der Waals surface area (Å²) in [4.78, 5) is 16.1. The van der Waals surface area contributed by atoms with E-state index in [2.05, 4.69) is 26.2 Å². The highest BCUT2D eigenvalue weighted by atomic mass is 32.2. The van der Waals surface area contributed by atoms with Crippen LogP contribution in [0.4, 0.5) is 0 Å². The van der Waals surface area contributed by atoms with E-state index in [0.29, 0.717) is 6.42 Å². The van der Waals surface area contributed by atoms with Gasteiger partial charge in [0.1, 0.15) is 5.01 Å². The van der Waals surface area contributed by atoms with Gasteiger partial charge in [-0.15, -0.1) is 11.3 Å². The van der Waals surface area contributed by atoms with Crippen LogP contribution in [-0.4, -0.2) is 23.8 Å². The van der Waals surface area contributed by atoms with Gasteiger partial charge in [0.15, 0.2) is 0 Å². The standard InChI is InChI=1S/C15H23NO2S2/c1-14(2,3)11-8-20-12(16-11)9-19-10-15(5-6-15)7-13(17)18-4/h8H,5-7,9-10H2,1-4H3. The molecule has 5 heteroatoms. The van der Waals surface area contributed by atoms with Crippen molar-refractivity contribution < 1.29 is 9.53 Å². The Hall–Kier alpha value is -0.550. The van der Waals surface area contributed by atoms with E-state index in [-0.39, 0.29) is 16.8 Å². The number of thiazole rings is 1. The third kappa shape index (κ3) is 4.22. The molecule has 1 aliphatic rings. The molecular formula is C15H23NO2S2. The predicted octanol–water partition coefficient (Wildman–Crippen LogP) is 4.02.